The zero-order chi connectivity index (χ0) is 21.8. The Kier molecular flexibility index (Phi) is 6.77. The molecule has 0 spiro atoms. The number of likely N-dealkylation sites (tertiary alicyclic amines) is 2. The fourth-order valence-electron chi connectivity index (χ4n) is 4.87. The largest absolute Gasteiger partial charge is 0.338 e. The molecule has 3 heterocycles. The molecule has 4 rings (SSSR count). The van der Waals surface area contributed by atoms with Gasteiger partial charge in [-0.1, -0.05) is 24.6 Å². The Balaban J connectivity index is 1.45. The zero-order valence-corrected chi connectivity index (χ0v) is 19.0. The van der Waals surface area contributed by atoms with Gasteiger partial charge >= 0.3 is 0 Å². The Morgan fingerprint density at radius 1 is 1.13 bits per heavy atom. The average molecular weight is 445 g/mol. The minimum Gasteiger partial charge on any atom is -0.338 e. The van der Waals surface area contributed by atoms with E-state index in [9.17, 15) is 13.2 Å². The molecule has 0 unspecified atom stereocenters. The molecule has 0 aliphatic carbocycles. The van der Waals surface area contributed by atoms with Crippen LogP contribution in [0, 0.1) is 5.92 Å². The van der Waals surface area contributed by atoms with Gasteiger partial charge in [0, 0.05) is 31.5 Å². The maximum atomic E-state index is 13.4. The first-order valence-corrected chi connectivity index (χ1v) is 13.1. The van der Waals surface area contributed by atoms with Crippen LogP contribution in [-0.4, -0.2) is 66.8 Å². The van der Waals surface area contributed by atoms with Crippen molar-refractivity contribution in [3.8, 4) is 0 Å². The van der Waals surface area contributed by atoms with Crippen LogP contribution >= 0.6 is 0 Å². The topological polar surface area (TPSA) is 86.4 Å². The SMILES string of the molecule is CS(=O)(=O)c1cn[nH]c1C[C@@H]1CCCN(C(=O)c2ccccc2CN2CCCCC2)C1. The van der Waals surface area contributed by atoms with Gasteiger partial charge in [0.25, 0.3) is 5.91 Å². The van der Waals surface area contributed by atoms with Gasteiger partial charge in [0.05, 0.1) is 11.9 Å². The second kappa shape index (κ2) is 9.53. The lowest BCUT2D eigenvalue weighted by Crippen LogP contribution is -2.41. The first-order chi connectivity index (χ1) is 14.9. The van der Waals surface area contributed by atoms with Crippen LogP contribution in [0.4, 0.5) is 0 Å². The molecule has 1 N–H and O–H groups in total. The van der Waals surface area contributed by atoms with Crippen molar-refractivity contribution in [2.45, 2.75) is 50.0 Å². The number of amides is 1. The van der Waals surface area contributed by atoms with E-state index in [4.69, 9.17) is 0 Å². The summed E-state index contributed by atoms with van der Waals surface area (Å²) in [4.78, 5) is 18.1. The molecule has 1 aromatic heterocycles. The Morgan fingerprint density at radius 2 is 1.90 bits per heavy atom. The van der Waals surface area contributed by atoms with Crippen LogP contribution < -0.4 is 0 Å². The molecule has 1 atom stereocenters. The summed E-state index contributed by atoms with van der Waals surface area (Å²) in [5, 5.41) is 6.79. The molecule has 2 fully saturated rings. The summed E-state index contributed by atoms with van der Waals surface area (Å²) >= 11 is 0. The number of piperidine rings is 2. The molecule has 7 nitrogen and oxygen atoms in total. The van der Waals surface area contributed by atoms with Gasteiger partial charge in [-0.3, -0.25) is 14.8 Å². The lowest BCUT2D eigenvalue weighted by atomic mass is 9.92. The fourth-order valence-corrected chi connectivity index (χ4v) is 5.69. The fraction of sp³-hybridized carbons (Fsp3) is 0.565. The van der Waals surface area contributed by atoms with Gasteiger partial charge in [-0.15, -0.1) is 0 Å². The highest BCUT2D eigenvalue weighted by atomic mass is 32.2. The molecule has 0 saturated carbocycles. The average Bonchev–Trinajstić information content (AvgIpc) is 3.23. The summed E-state index contributed by atoms with van der Waals surface area (Å²) < 4.78 is 24.0. The van der Waals surface area contributed by atoms with Crippen molar-refractivity contribution in [1.82, 2.24) is 20.0 Å². The number of hydrogen-bond acceptors (Lipinski definition) is 5. The lowest BCUT2D eigenvalue weighted by molar-refractivity contribution is 0.0669. The predicted octanol–water partition coefficient (Wildman–Crippen LogP) is 2.89. The van der Waals surface area contributed by atoms with Crippen LogP contribution in [0.1, 0.15) is 53.7 Å². The van der Waals surface area contributed by atoms with E-state index in [0.717, 1.165) is 50.1 Å². The minimum atomic E-state index is -3.31. The number of aromatic amines is 1. The van der Waals surface area contributed by atoms with Crippen molar-refractivity contribution in [2.24, 2.45) is 5.92 Å². The Bertz CT molecular complexity index is 1010. The standard InChI is InChI=1S/C23H32N4O3S/c1-31(29,30)22-15-24-25-21(22)14-18-8-7-13-27(16-18)23(28)20-10-4-3-9-19(20)17-26-11-5-2-6-12-26/h3-4,9-10,15,18H,2,5-8,11-14,16-17H2,1H3,(H,24,25)/t18-/m0/s1. The number of nitrogens with one attached hydrogen (secondary N) is 1. The van der Waals surface area contributed by atoms with E-state index in [-0.39, 0.29) is 16.7 Å². The maximum absolute atomic E-state index is 13.4. The first kappa shape index (κ1) is 22.0. The van der Waals surface area contributed by atoms with Gasteiger partial charge in [-0.05, 0) is 62.7 Å². The molecule has 8 heteroatoms. The molecule has 1 amide bonds. The van der Waals surface area contributed by atoms with Crippen LogP contribution in [0.25, 0.3) is 0 Å². The van der Waals surface area contributed by atoms with Crippen molar-refractivity contribution in [2.75, 3.05) is 32.4 Å². The molecule has 2 saturated heterocycles. The molecule has 0 radical (unpaired) electrons. The van der Waals surface area contributed by atoms with Crippen molar-refractivity contribution >= 4 is 15.7 Å². The Morgan fingerprint density at radius 3 is 2.68 bits per heavy atom. The number of sulfone groups is 1. The highest BCUT2D eigenvalue weighted by Crippen LogP contribution is 2.25. The Labute approximate surface area is 184 Å². The number of hydrogen-bond donors (Lipinski definition) is 1. The van der Waals surface area contributed by atoms with E-state index >= 15 is 0 Å². The minimum absolute atomic E-state index is 0.0882. The maximum Gasteiger partial charge on any atom is 0.254 e. The summed E-state index contributed by atoms with van der Waals surface area (Å²) in [5.74, 6) is 0.304. The molecule has 168 valence electrons. The third-order valence-electron chi connectivity index (χ3n) is 6.47. The molecular formula is C23H32N4O3S. The number of rotatable bonds is 6. The lowest BCUT2D eigenvalue weighted by Gasteiger charge is -2.34. The summed E-state index contributed by atoms with van der Waals surface area (Å²) in [6.45, 7) is 4.40. The predicted molar refractivity (Wildman–Crippen MR) is 120 cm³/mol. The summed E-state index contributed by atoms with van der Waals surface area (Å²) in [7, 11) is -3.31. The third kappa shape index (κ3) is 5.36. The zero-order valence-electron chi connectivity index (χ0n) is 18.2. The van der Waals surface area contributed by atoms with Crippen molar-refractivity contribution < 1.29 is 13.2 Å². The van der Waals surface area contributed by atoms with E-state index in [2.05, 4.69) is 21.2 Å². The summed E-state index contributed by atoms with van der Waals surface area (Å²) in [5.41, 5.74) is 2.55. The van der Waals surface area contributed by atoms with E-state index in [1.54, 1.807) is 0 Å². The number of nitrogens with zero attached hydrogens (tertiary/aromatic N) is 3. The molecule has 0 bridgehead atoms. The highest BCUT2D eigenvalue weighted by Gasteiger charge is 2.28. The molecule has 2 aliphatic rings. The van der Waals surface area contributed by atoms with E-state index in [1.165, 1.54) is 31.7 Å². The second-order valence-electron chi connectivity index (χ2n) is 8.94. The Hall–Kier alpha value is -2.19. The van der Waals surface area contributed by atoms with E-state index in [0.29, 0.717) is 18.7 Å². The van der Waals surface area contributed by atoms with Gasteiger partial charge in [-0.25, -0.2) is 8.42 Å². The van der Waals surface area contributed by atoms with Gasteiger partial charge < -0.3 is 4.90 Å². The van der Waals surface area contributed by atoms with Crippen molar-refractivity contribution in [1.29, 1.82) is 0 Å². The van der Waals surface area contributed by atoms with E-state index in [1.807, 2.05) is 23.1 Å². The smallest absolute Gasteiger partial charge is 0.254 e. The molecular weight excluding hydrogens is 412 g/mol. The van der Waals surface area contributed by atoms with Crippen molar-refractivity contribution in [3.63, 3.8) is 0 Å². The number of carbonyl (C=O) groups is 1. The van der Waals surface area contributed by atoms with Crippen molar-refractivity contribution in [3.05, 3.63) is 47.3 Å². The van der Waals surface area contributed by atoms with Crippen LogP contribution in [0.3, 0.4) is 0 Å². The van der Waals surface area contributed by atoms with Gasteiger partial charge in [0.15, 0.2) is 9.84 Å². The summed E-state index contributed by atoms with van der Waals surface area (Å²) in [6, 6.07) is 7.98. The van der Waals surface area contributed by atoms with Gasteiger partial charge in [-0.2, -0.15) is 5.10 Å². The van der Waals surface area contributed by atoms with Crippen LogP contribution in [-0.2, 0) is 22.8 Å². The molecule has 1 aromatic carbocycles. The molecule has 2 aromatic rings. The quantitative estimate of drug-likeness (QED) is 0.740. The molecule has 31 heavy (non-hydrogen) atoms. The van der Waals surface area contributed by atoms with Gasteiger partial charge in [0.2, 0.25) is 0 Å². The normalized spacial score (nSPS) is 20.7. The van der Waals surface area contributed by atoms with E-state index < -0.39 is 9.84 Å². The van der Waals surface area contributed by atoms with Crippen LogP contribution in [0.5, 0.6) is 0 Å². The third-order valence-corrected chi connectivity index (χ3v) is 7.62. The molecule has 2 aliphatic heterocycles. The van der Waals surface area contributed by atoms with Gasteiger partial charge in [0.1, 0.15) is 4.90 Å². The monoisotopic (exact) mass is 444 g/mol. The summed E-state index contributed by atoms with van der Waals surface area (Å²) in [6.07, 6.45) is 8.82. The second-order valence-corrected chi connectivity index (χ2v) is 10.9. The number of carbonyl (C=O) groups excluding carboxylic acids is 1. The number of benzene rings is 1. The number of aromatic nitrogens is 2. The van der Waals surface area contributed by atoms with Crippen LogP contribution in [0.2, 0.25) is 0 Å². The van der Waals surface area contributed by atoms with Crippen LogP contribution in [0.15, 0.2) is 35.4 Å². The first-order valence-electron chi connectivity index (χ1n) is 11.2. The highest BCUT2D eigenvalue weighted by molar-refractivity contribution is 7.90. The number of H-pyrrole nitrogens is 1.